The Morgan fingerprint density at radius 2 is 2.13 bits per heavy atom. The van der Waals surface area contributed by atoms with E-state index in [1.807, 2.05) is 0 Å². The Kier molecular flexibility index (Phi) is 5.91. The van der Waals surface area contributed by atoms with Crippen LogP contribution in [-0.4, -0.2) is 49.0 Å². The van der Waals surface area contributed by atoms with Gasteiger partial charge in [-0.1, -0.05) is 5.57 Å². The van der Waals surface area contributed by atoms with Crippen LogP contribution in [0.15, 0.2) is 12.2 Å². The topological polar surface area (TPSA) is 32.7 Å². The van der Waals surface area contributed by atoms with Crippen molar-refractivity contribution in [3.63, 3.8) is 0 Å². The maximum atomic E-state index is 8.65. The molecule has 1 heterocycles. The van der Waals surface area contributed by atoms with E-state index in [-0.39, 0.29) is 6.61 Å². The third kappa shape index (κ3) is 5.30. The standard InChI is InChI=1S/C12H23NO2/c1-11(2)3-6-13-7-4-12(5-8-13)15-10-9-14/h12,14H,1,3-10H2,2H3. The quantitative estimate of drug-likeness (QED) is 0.677. The molecule has 0 amide bonds. The second-order valence-electron chi connectivity index (χ2n) is 4.34. The minimum Gasteiger partial charge on any atom is -0.394 e. The van der Waals surface area contributed by atoms with Crippen LogP contribution >= 0.6 is 0 Å². The van der Waals surface area contributed by atoms with Crippen LogP contribution in [0.1, 0.15) is 26.2 Å². The minimum atomic E-state index is 0.135. The average molecular weight is 213 g/mol. The lowest BCUT2D eigenvalue weighted by molar-refractivity contribution is -0.00747. The van der Waals surface area contributed by atoms with Crippen molar-refractivity contribution in [3.8, 4) is 0 Å². The molecule has 0 aromatic heterocycles. The molecule has 0 aliphatic carbocycles. The van der Waals surface area contributed by atoms with Gasteiger partial charge < -0.3 is 14.7 Å². The highest BCUT2D eigenvalue weighted by Crippen LogP contribution is 2.14. The summed E-state index contributed by atoms with van der Waals surface area (Å²) in [6.07, 6.45) is 3.65. The smallest absolute Gasteiger partial charge is 0.0701 e. The molecule has 0 saturated carbocycles. The number of ether oxygens (including phenoxy) is 1. The van der Waals surface area contributed by atoms with Crippen molar-refractivity contribution in [2.75, 3.05) is 32.8 Å². The molecular formula is C12H23NO2. The molecule has 3 nitrogen and oxygen atoms in total. The zero-order chi connectivity index (χ0) is 11.1. The van der Waals surface area contributed by atoms with E-state index in [0.717, 1.165) is 38.9 Å². The van der Waals surface area contributed by atoms with E-state index in [9.17, 15) is 0 Å². The zero-order valence-electron chi connectivity index (χ0n) is 9.74. The van der Waals surface area contributed by atoms with Gasteiger partial charge in [-0.15, -0.1) is 6.58 Å². The summed E-state index contributed by atoms with van der Waals surface area (Å²) in [5, 5.41) is 8.65. The van der Waals surface area contributed by atoms with Crippen molar-refractivity contribution in [3.05, 3.63) is 12.2 Å². The minimum absolute atomic E-state index is 0.135. The molecule has 15 heavy (non-hydrogen) atoms. The van der Waals surface area contributed by atoms with Crippen LogP contribution in [0.4, 0.5) is 0 Å². The molecule has 0 aromatic rings. The molecule has 1 saturated heterocycles. The van der Waals surface area contributed by atoms with Gasteiger partial charge in [0.15, 0.2) is 0 Å². The summed E-state index contributed by atoms with van der Waals surface area (Å²) in [4.78, 5) is 2.47. The fraction of sp³-hybridized carbons (Fsp3) is 0.833. The molecule has 3 heteroatoms. The van der Waals surface area contributed by atoms with E-state index >= 15 is 0 Å². The largest absolute Gasteiger partial charge is 0.394 e. The molecular weight excluding hydrogens is 190 g/mol. The first kappa shape index (κ1) is 12.7. The number of aliphatic hydroxyl groups excluding tert-OH is 1. The Balaban J connectivity index is 2.09. The predicted octanol–water partition coefficient (Wildman–Crippen LogP) is 1.43. The molecule has 0 spiro atoms. The number of likely N-dealkylation sites (tertiary alicyclic amines) is 1. The van der Waals surface area contributed by atoms with E-state index in [2.05, 4.69) is 18.4 Å². The maximum Gasteiger partial charge on any atom is 0.0701 e. The van der Waals surface area contributed by atoms with Gasteiger partial charge in [0.1, 0.15) is 0 Å². The maximum absolute atomic E-state index is 8.65. The van der Waals surface area contributed by atoms with Crippen molar-refractivity contribution >= 4 is 0 Å². The molecule has 1 rings (SSSR count). The Hall–Kier alpha value is -0.380. The van der Waals surface area contributed by atoms with Gasteiger partial charge in [-0.3, -0.25) is 0 Å². The van der Waals surface area contributed by atoms with Gasteiger partial charge in [-0.05, 0) is 26.2 Å². The first-order chi connectivity index (χ1) is 7.22. The van der Waals surface area contributed by atoms with Crippen LogP contribution in [0.25, 0.3) is 0 Å². The van der Waals surface area contributed by atoms with Crippen molar-refractivity contribution in [2.24, 2.45) is 0 Å². The van der Waals surface area contributed by atoms with Crippen LogP contribution in [0.2, 0.25) is 0 Å². The second kappa shape index (κ2) is 6.99. The summed E-state index contributed by atoms with van der Waals surface area (Å²) in [5.74, 6) is 0. The highest BCUT2D eigenvalue weighted by Gasteiger charge is 2.18. The van der Waals surface area contributed by atoms with Crippen molar-refractivity contribution in [2.45, 2.75) is 32.3 Å². The van der Waals surface area contributed by atoms with Gasteiger partial charge in [-0.2, -0.15) is 0 Å². The molecule has 0 unspecified atom stereocenters. The monoisotopic (exact) mass is 213 g/mol. The fourth-order valence-electron chi connectivity index (χ4n) is 1.87. The van der Waals surface area contributed by atoms with Crippen molar-refractivity contribution < 1.29 is 9.84 Å². The summed E-state index contributed by atoms with van der Waals surface area (Å²) < 4.78 is 5.51. The molecule has 0 aromatic carbocycles. The fourth-order valence-corrected chi connectivity index (χ4v) is 1.87. The molecule has 1 aliphatic rings. The predicted molar refractivity (Wildman–Crippen MR) is 61.9 cm³/mol. The first-order valence-electron chi connectivity index (χ1n) is 5.81. The van der Waals surface area contributed by atoms with Gasteiger partial charge >= 0.3 is 0 Å². The van der Waals surface area contributed by atoms with Crippen molar-refractivity contribution in [1.29, 1.82) is 0 Å². The van der Waals surface area contributed by atoms with Crippen LogP contribution in [-0.2, 0) is 4.74 Å². The Morgan fingerprint density at radius 1 is 1.47 bits per heavy atom. The summed E-state index contributed by atoms with van der Waals surface area (Å²) in [5.41, 5.74) is 1.26. The van der Waals surface area contributed by atoms with E-state index in [1.54, 1.807) is 0 Å². The lowest BCUT2D eigenvalue weighted by Crippen LogP contribution is -2.37. The van der Waals surface area contributed by atoms with Crippen LogP contribution in [0, 0.1) is 0 Å². The van der Waals surface area contributed by atoms with Gasteiger partial charge in [0.25, 0.3) is 0 Å². The zero-order valence-corrected chi connectivity index (χ0v) is 9.74. The lowest BCUT2D eigenvalue weighted by atomic mass is 10.1. The first-order valence-corrected chi connectivity index (χ1v) is 5.81. The Bertz CT molecular complexity index is 186. The molecule has 0 bridgehead atoms. The van der Waals surface area contributed by atoms with Crippen molar-refractivity contribution in [1.82, 2.24) is 4.90 Å². The third-order valence-corrected chi connectivity index (χ3v) is 2.83. The average Bonchev–Trinajstić information content (AvgIpc) is 2.25. The highest BCUT2D eigenvalue weighted by atomic mass is 16.5. The summed E-state index contributed by atoms with van der Waals surface area (Å²) >= 11 is 0. The molecule has 88 valence electrons. The molecule has 1 aliphatic heterocycles. The molecule has 0 radical (unpaired) electrons. The normalized spacial score (nSPS) is 19.3. The summed E-state index contributed by atoms with van der Waals surface area (Å²) in [7, 11) is 0. The number of nitrogens with zero attached hydrogens (tertiary/aromatic N) is 1. The number of aliphatic hydroxyl groups is 1. The Morgan fingerprint density at radius 3 is 2.67 bits per heavy atom. The molecule has 0 atom stereocenters. The number of piperidine rings is 1. The number of hydrogen-bond acceptors (Lipinski definition) is 3. The van der Waals surface area contributed by atoms with E-state index in [4.69, 9.17) is 9.84 Å². The lowest BCUT2D eigenvalue weighted by Gasteiger charge is -2.31. The summed E-state index contributed by atoms with van der Waals surface area (Å²) in [6, 6.07) is 0. The van der Waals surface area contributed by atoms with E-state index < -0.39 is 0 Å². The van der Waals surface area contributed by atoms with E-state index in [1.165, 1.54) is 5.57 Å². The van der Waals surface area contributed by atoms with E-state index in [0.29, 0.717) is 12.7 Å². The summed E-state index contributed by atoms with van der Waals surface area (Å²) in [6.45, 7) is 9.97. The Labute approximate surface area is 92.7 Å². The second-order valence-corrected chi connectivity index (χ2v) is 4.34. The van der Waals surface area contributed by atoms with Gasteiger partial charge in [-0.25, -0.2) is 0 Å². The third-order valence-electron chi connectivity index (χ3n) is 2.83. The van der Waals surface area contributed by atoms with Crippen LogP contribution in [0.5, 0.6) is 0 Å². The van der Waals surface area contributed by atoms with Crippen LogP contribution < -0.4 is 0 Å². The van der Waals surface area contributed by atoms with Gasteiger partial charge in [0, 0.05) is 19.6 Å². The van der Waals surface area contributed by atoms with Gasteiger partial charge in [0.2, 0.25) is 0 Å². The van der Waals surface area contributed by atoms with Gasteiger partial charge in [0.05, 0.1) is 19.3 Å². The highest BCUT2D eigenvalue weighted by molar-refractivity contribution is 4.89. The van der Waals surface area contributed by atoms with Crippen LogP contribution in [0.3, 0.4) is 0 Å². The molecule has 1 N–H and O–H groups in total. The molecule has 1 fully saturated rings. The number of rotatable bonds is 6. The SMILES string of the molecule is C=C(C)CCN1CCC(OCCO)CC1. The number of hydrogen-bond donors (Lipinski definition) is 1.